The van der Waals surface area contributed by atoms with Gasteiger partial charge in [-0.2, -0.15) is 0 Å². The van der Waals surface area contributed by atoms with Gasteiger partial charge in [0.1, 0.15) is 5.75 Å². The Hall–Kier alpha value is -1.75. The van der Waals surface area contributed by atoms with E-state index >= 15 is 0 Å². The van der Waals surface area contributed by atoms with Crippen molar-refractivity contribution in [3.63, 3.8) is 0 Å². The van der Waals surface area contributed by atoms with Crippen LogP contribution in [0, 0.1) is 0 Å². The van der Waals surface area contributed by atoms with E-state index in [2.05, 4.69) is 4.98 Å². The lowest BCUT2D eigenvalue weighted by molar-refractivity contribution is 0.0246. The van der Waals surface area contributed by atoms with Crippen LogP contribution in [0.2, 0.25) is 0 Å². The van der Waals surface area contributed by atoms with Gasteiger partial charge in [0.15, 0.2) is 0 Å². The first-order valence-electron chi connectivity index (χ1n) is 7.69. The Kier molecular flexibility index (Phi) is 4.29. The van der Waals surface area contributed by atoms with E-state index in [9.17, 15) is 0 Å². The first kappa shape index (κ1) is 14.2. The molecule has 5 heteroatoms. The van der Waals surface area contributed by atoms with Crippen molar-refractivity contribution in [2.24, 2.45) is 0 Å². The lowest BCUT2D eigenvalue weighted by Gasteiger charge is -2.22. The van der Waals surface area contributed by atoms with Crippen LogP contribution in [0.1, 0.15) is 32.1 Å². The number of aromatic nitrogens is 2. The minimum Gasteiger partial charge on any atom is -0.497 e. The van der Waals surface area contributed by atoms with Crippen LogP contribution < -0.4 is 10.5 Å². The highest BCUT2D eigenvalue weighted by Crippen LogP contribution is 2.23. The van der Waals surface area contributed by atoms with Crippen LogP contribution in [0.4, 0.5) is 5.95 Å². The molecule has 1 aromatic carbocycles. The fourth-order valence-corrected chi connectivity index (χ4v) is 3.03. The molecule has 1 aromatic heterocycles. The maximum absolute atomic E-state index is 6.02. The number of nitrogens with zero attached hydrogens (tertiary/aromatic N) is 2. The van der Waals surface area contributed by atoms with Gasteiger partial charge in [-0.15, -0.1) is 0 Å². The summed E-state index contributed by atoms with van der Waals surface area (Å²) in [6.45, 7) is 1.43. The number of imidazole rings is 1. The first-order valence-corrected chi connectivity index (χ1v) is 7.69. The molecule has 1 aliphatic carbocycles. The number of fused-ring (bicyclic) bond motifs is 1. The number of nitrogens with two attached hydrogens (primary N) is 1. The Morgan fingerprint density at radius 3 is 2.86 bits per heavy atom. The standard InChI is InChI=1S/C16H23N3O2/c1-20-13-7-8-15-14(11-13)18-16(17)19(15)9-10-21-12-5-3-2-4-6-12/h7-8,11-12H,2-6,9-10H2,1H3,(H2,17,18). The van der Waals surface area contributed by atoms with Crippen LogP contribution in [-0.4, -0.2) is 29.4 Å². The molecule has 21 heavy (non-hydrogen) atoms. The fourth-order valence-electron chi connectivity index (χ4n) is 3.03. The number of anilines is 1. The molecular weight excluding hydrogens is 266 g/mol. The summed E-state index contributed by atoms with van der Waals surface area (Å²) in [5.41, 5.74) is 7.91. The maximum Gasteiger partial charge on any atom is 0.201 e. The zero-order valence-corrected chi connectivity index (χ0v) is 12.5. The summed E-state index contributed by atoms with van der Waals surface area (Å²) in [7, 11) is 1.65. The number of ether oxygens (including phenoxy) is 2. The van der Waals surface area contributed by atoms with Crippen molar-refractivity contribution in [2.45, 2.75) is 44.8 Å². The van der Waals surface area contributed by atoms with Crippen molar-refractivity contribution >= 4 is 17.0 Å². The van der Waals surface area contributed by atoms with Crippen LogP contribution in [0.25, 0.3) is 11.0 Å². The average Bonchev–Trinajstić information content (AvgIpc) is 2.83. The third kappa shape index (κ3) is 3.13. The van der Waals surface area contributed by atoms with E-state index < -0.39 is 0 Å². The van der Waals surface area contributed by atoms with Crippen molar-refractivity contribution in [3.8, 4) is 5.75 Å². The van der Waals surface area contributed by atoms with Gasteiger partial charge in [0.2, 0.25) is 5.95 Å². The summed E-state index contributed by atoms with van der Waals surface area (Å²) in [5.74, 6) is 1.33. The van der Waals surface area contributed by atoms with Crippen molar-refractivity contribution in [3.05, 3.63) is 18.2 Å². The monoisotopic (exact) mass is 289 g/mol. The average molecular weight is 289 g/mol. The van der Waals surface area contributed by atoms with E-state index in [1.165, 1.54) is 32.1 Å². The van der Waals surface area contributed by atoms with Gasteiger partial charge in [-0.05, 0) is 25.0 Å². The van der Waals surface area contributed by atoms with Crippen molar-refractivity contribution < 1.29 is 9.47 Å². The molecule has 0 radical (unpaired) electrons. The van der Waals surface area contributed by atoms with Gasteiger partial charge in [-0.3, -0.25) is 0 Å². The third-order valence-electron chi connectivity index (χ3n) is 4.21. The van der Waals surface area contributed by atoms with Gasteiger partial charge in [0.05, 0.1) is 30.9 Å². The van der Waals surface area contributed by atoms with Crippen molar-refractivity contribution in [1.29, 1.82) is 0 Å². The Balaban J connectivity index is 1.67. The third-order valence-corrected chi connectivity index (χ3v) is 4.21. The number of rotatable bonds is 5. The molecular formula is C16H23N3O2. The van der Waals surface area contributed by atoms with Gasteiger partial charge < -0.3 is 19.8 Å². The molecule has 2 N–H and O–H groups in total. The van der Waals surface area contributed by atoms with E-state index in [-0.39, 0.29) is 0 Å². The Morgan fingerprint density at radius 1 is 1.29 bits per heavy atom. The normalized spacial score (nSPS) is 16.4. The number of nitrogen functional groups attached to an aromatic ring is 1. The highest BCUT2D eigenvalue weighted by molar-refractivity contribution is 5.79. The molecule has 2 aromatic rings. The lowest BCUT2D eigenvalue weighted by Crippen LogP contribution is -2.19. The first-order chi connectivity index (χ1) is 10.3. The molecule has 0 saturated heterocycles. The Bertz CT molecular complexity index is 603. The predicted molar refractivity (Wildman–Crippen MR) is 83.5 cm³/mol. The summed E-state index contributed by atoms with van der Waals surface area (Å²) in [5, 5.41) is 0. The second kappa shape index (κ2) is 6.35. The largest absolute Gasteiger partial charge is 0.497 e. The fraction of sp³-hybridized carbons (Fsp3) is 0.562. The molecule has 0 amide bonds. The second-order valence-corrected chi connectivity index (χ2v) is 5.61. The quantitative estimate of drug-likeness (QED) is 0.919. The summed E-state index contributed by atoms with van der Waals surface area (Å²) < 4.78 is 13.2. The molecule has 5 nitrogen and oxygen atoms in total. The van der Waals surface area contributed by atoms with Gasteiger partial charge in [0.25, 0.3) is 0 Å². The van der Waals surface area contributed by atoms with Crippen LogP contribution in [0.5, 0.6) is 5.75 Å². The van der Waals surface area contributed by atoms with Crippen LogP contribution in [0.3, 0.4) is 0 Å². The van der Waals surface area contributed by atoms with Crippen LogP contribution in [-0.2, 0) is 11.3 Å². The number of methoxy groups -OCH3 is 1. The number of benzene rings is 1. The van der Waals surface area contributed by atoms with Crippen LogP contribution >= 0.6 is 0 Å². The molecule has 1 heterocycles. The topological polar surface area (TPSA) is 62.3 Å². The van der Waals surface area contributed by atoms with Gasteiger partial charge in [-0.1, -0.05) is 19.3 Å². The molecule has 0 unspecified atom stereocenters. The van der Waals surface area contributed by atoms with Crippen LogP contribution in [0.15, 0.2) is 18.2 Å². The van der Waals surface area contributed by atoms with E-state index in [1.54, 1.807) is 7.11 Å². The van der Waals surface area contributed by atoms with Crippen molar-refractivity contribution in [2.75, 3.05) is 19.5 Å². The SMILES string of the molecule is COc1ccc2c(c1)nc(N)n2CCOC1CCCCC1. The van der Waals surface area contributed by atoms with E-state index in [0.717, 1.165) is 23.3 Å². The molecule has 0 spiro atoms. The molecule has 1 fully saturated rings. The zero-order chi connectivity index (χ0) is 14.7. The summed E-state index contributed by atoms with van der Waals surface area (Å²) in [6.07, 6.45) is 6.74. The lowest BCUT2D eigenvalue weighted by atomic mass is 9.98. The predicted octanol–water partition coefficient (Wildman–Crippen LogP) is 2.98. The molecule has 1 aliphatic rings. The minimum absolute atomic E-state index is 0.426. The number of hydrogen-bond donors (Lipinski definition) is 1. The maximum atomic E-state index is 6.02. The molecule has 114 valence electrons. The molecule has 0 aliphatic heterocycles. The Morgan fingerprint density at radius 2 is 2.10 bits per heavy atom. The molecule has 0 bridgehead atoms. The summed E-state index contributed by atoms with van der Waals surface area (Å²) in [4.78, 5) is 4.39. The smallest absolute Gasteiger partial charge is 0.201 e. The zero-order valence-electron chi connectivity index (χ0n) is 12.5. The van der Waals surface area contributed by atoms with Gasteiger partial charge in [0, 0.05) is 12.6 Å². The Labute approximate surface area is 125 Å². The minimum atomic E-state index is 0.426. The van der Waals surface area contributed by atoms with E-state index in [4.69, 9.17) is 15.2 Å². The van der Waals surface area contributed by atoms with Gasteiger partial charge in [-0.25, -0.2) is 4.98 Å². The second-order valence-electron chi connectivity index (χ2n) is 5.61. The summed E-state index contributed by atoms with van der Waals surface area (Å²) in [6, 6.07) is 5.84. The molecule has 1 saturated carbocycles. The number of hydrogen-bond acceptors (Lipinski definition) is 4. The molecule has 3 rings (SSSR count). The molecule has 0 atom stereocenters. The van der Waals surface area contributed by atoms with Crippen molar-refractivity contribution in [1.82, 2.24) is 9.55 Å². The highest BCUT2D eigenvalue weighted by Gasteiger charge is 2.14. The van der Waals surface area contributed by atoms with E-state index in [0.29, 0.717) is 18.7 Å². The van der Waals surface area contributed by atoms with E-state index in [1.807, 2.05) is 22.8 Å². The summed E-state index contributed by atoms with van der Waals surface area (Å²) >= 11 is 0. The van der Waals surface area contributed by atoms with Gasteiger partial charge >= 0.3 is 0 Å². The highest BCUT2D eigenvalue weighted by atomic mass is 16.5.